The zero-order valence-electron chi connectivity index (χ0n) is 9.66. The summed E-state index contributed by atoms with van der Waals surface area (Å²) in [5, 5.41) is 2.86. The smallest absolute Gasteiger partial charge is 0.229 e. The highest BCUT2D eigenvalue weighted by atomic mass is 35.5. The normalized spacial score (nSPS) is 22.4. The highest BCUT2D eigenvalue weighted by Gasteiger charge is 2.30. The lowest BCUT2D eigenvalue weighted by Crippen LogP contribution is -2.34. The highest BCUT2D eigenvalue weighted by molar-refractivity contribution is 6.30. The molecule has 0 aliphatic heterocycles. The van der Waals surface area contributed by atoms with Gasteiger partial charge in [-0.2, -0.15) is 0 Å². The molecule has 1 amide bonds. The summed E-state index contributed by atoms with van der Waals surface area (Å²) in [6, 6.07) is 4.04. The SMILES string of the molecule is Cl.NC1CCCC1C(=O)Nc1ccc(Cl)cc1F. The van der Waals surface area contributed by atoms with Gasteiger partial charge >= 0.3 is 0 Å². The summed E-state index contributed by atoms with van der Waals surface area (Å²) >= 11 is 5.63. The molecule has 0 saturated heterocycles. The summed E-state index contributed by atoms with van der Waals surface area (Å²) in [4.78, 5) is 11.9. The molecule has 0 spiro atoms. The van der Waals surface area contributed by atoms with Crippen LogP contribution >= 0.6 is 24.0 Å². The van der Waals surface area contributed by atoms with Crippen LogP contribution in [-0.2, 0) is 4.79 Å². The minimum Gasteiger partial charge on any atom is -0.327 e. The number of rotatable bonds is 2. The molecule has 1 saturated carbocycles. The van der Waals surface area contributed by atoms with Gasteiger partial charge in [-0.15, -0.1) is 12.4 Å². The van der Waals surface area contributed by atoms with Gasteiger partial charge in [0.15, 0.2) is 0 Å². The first-order chi connectivity index (χ1) is 8.08. The number of carbonyl (C=O) groups is 1. The molecule has 2 rings (SSSR count). The van der Waals surface area contributed by atoms with Crippen molar-refractivity contribution in [3.8, 4) is 0 Å². The van der Waals surface area contributed by atoms with Crippen LogP contribution in [0.5, 0.6) is 0 Å². The van der Waals surface area contributed by atoms with Crippen molar-refractivity contribution in [3.05, 3.63) is 29.0 Å². The lowest BCUT2D eigenvalue weighted by Gasteiger charge is -2.15. The van der Waals surface area contributed by atoms with E-state index in [2.05, 4.69) is 5.32 Å². The summed E-state index contributed by atoms with van der Waals surface area (Å²) in [6.45, 7) is 0. The highest BCUT2D eigenvalue weighted by Crippen LogP contribution is 2.26. The average Bonchev–Trinajstić information content (AvgIpc) is 2.68. The molecule has 3 N–H and O–H groups in total. The molecule has 0 bridgehead atoms. The van der Waals surface area contributed by atoms with E-state index in [-0.39, 0.29) is 36.0 Å². The number of hydrogen-bond acceptors (Lipinski definition) is 2. The maximum atomic E-state index is 13.5. The standard InChI is InChI=1S/C12H14ClFN2O.ClH/c13-7-4-5-11(9(14)6-7)16-12(17)8-2-1-3-10(8)15;/h4-6,8,10H,1-3,15H2,(H,16,17);1H. The molecule has 1 aromatic carbocycles. The van der Waals surface area contributed by atoms with Crippen LogP contribution in [0.4, 0.5) is 10.1 Å². The van der Waals surface area contributed by atoms with Crippen molar-refractivity contribution in [2.24, 2.45) is 11.7 Å². The van der Waals surface area contributed by atoms with E-state index in [0.717, 1.165) is 19.3 Å². The summed E-state index contributed by atoms with van der Waals surface area (Å²) in [5.41, 5.74) is 5.97. The van der Waals surface area contributed by atoms with Gasteiger partial charge < -0.3 is 11.1 Å². The van der Waals surface area contributed by atoms with Crippen molar-refractivity contribution in [2.75, 3.05) is 5.32 Å². The third-order valence-corrected chi connectivity index (χ3v) is 3.33. The monoisotopic (exact) mass is 292 g/mol. The summed E-state index contributed by atoms with van der Waals surface area (Å²) < 4.78 is 13.5. The summed E-state index contributed by atoms with van der Waals surface area (Å²) in [5.74, 6) is -0.960. The van der Waals surface area contributed by atoms with E-state index >= 15 is 0 Å². The minimum absolute atomic E-state index is 0. The van der Waals surface area contributed by atoms with Gasteiger partial charge in [0.2, 0.25) is 5.91 Å². The Hall–Kier alpha value is -0.840. The molecule has 1 aliphatic carbocycles. The number of benzene rings is 1. The van der Waals surface area contributed by atoms with E-state index in [1.54, 1.807) is 0 Å². The van der Waals surface area contributed by atoms with Gasteiger partial charge in [0.25, 0.3) is 0 Å². The van der Waals surface area contributed by atoms with Gasteiger partial charge in [-0.3, -0.25) is 4.79 Å². The van der Waals surface area contributed by atoms with Crippen LogP contribution in [-0.4, -0.2) is 11.9 Å². The predicted molar refractivity (Wildman–Crippen MR) is 72.6 cm³/mol. The van der Waals surface area contributed by atoms with Crippen molar-refractivity contribution in [1.82, 2.24) is 0 Å². The fourth-order valence-corrected chi connectivity index (χ4v) is 2.29. The first kappa shape index (κ1) is 15.2. The minimum atomic E-state index is -0.530. The number of halogens is 3. The van der Waals surface area contributed by atoms with Crippen molar-refractivity contribution < 1.29 is 9.18 Å². The lowest BCUT2D eigenvalue weighted by molar-refractivity contribution is -0.120. The van der Waals surface area contributed by atoms with Gasteiger partial charge in [0, 0.05) is 11.1 Å². The number of nitrogens with one attached hydrogen (secondary N) is 1. The number of hydrogen-bond donors (Lipinski definition) is 2. The Bertz CT molecular complexity index is 442. The first-order valence-electron chi connectivity index (χ1n) is 5.59. The second-order valence-electron chi connectivity index (χ2n) is 4.31. The molecule has 3 nitrogen and oxygen atoms in total. The van der Waals surface area contributed by atoms with Gasteiger partial charge in [-0.05, 0) is 31.0 Å². The molecule has 1 aromatic rings. The van der Waals surface area contributed by atoms with Crippen LogP contribution in [0.25, 0.3) is 0 Å². The molecule has 0 heterocycles. The number of carbonyl (C=O) groups excluding carboxylic acids is 1. The maximum absolute atomic E-state index is 13.5. The summed E-state index contributed by atoms with van der Waals surface area (Å²) in [7, 11) is 0. The van der Waals surface area contributed by atoms with E-state index in [1.807, 2.05) is 0 Å². The molecular weight excluding hydrogens is 278 g/mol. The molecule has 6 heteroatoms. The second-order valence-corrected chi connectivity index (χ2v) is 4.75. The number of amides is 1. The molecular formula is C12H15Cl2FN2O. The second kappa shape index (κ2) is 6.36. The Kier molecular flexibility index (Phi) is 5.38. The zero-order chi connectivity index (χ0) is 12.4. The van der Waals surface area contributed by atoms with E-state index in [4.69, 9.17) is 17.3 Å². The maximum Gasteiger partial charge on any atom is 0.229 e. The van der Waals surface area contributed by atoms with Gasteiger partial charge in [0.1, 0.15) is 5.82 Å². The van der Waals surface area contributed by atoms with Crippen molar-refractivity contribution in [1.29, 1.82) is 0 Å². The topological polar surface area (TPSA) is 55.1 Å². The summed E-state index contributed by atoms with van der Waals surface area (Å²) in [6.07, 6.45) is 2.56. The van der Waals surface area contributed by atoms with E-state index < -0.39 is 5.82 Å². The fourth-order valence-electron chi connectivity index (χ4n) is 2.13. The molecule has 0 radical (unpaired) electrons. The van der Waals surface area contributed by atoms with E-state index in [1.165, 1.54) is 18.2 Å². The van der Waals surface area contributed by atoms with E-state index in [9.17, 15) is 9.18 Å². The Balaban J connectivity index is 0.00000162. The Morgan fingerprint density at radius 2 is 2.17 bits per heavy atom. The third kappa shape index (κ3) is 3.34. The van der Waals surface area contributed by atoms with Crippen molar-refractivity contribution in [3.63, 3.8) is 0 Å². The van der Waals surface area contributed by atoms with Crippen molar-refractivity contribution >= 4 is 35.6 Å². The Morgan fingerprint density at radius 3 is 2.72 bits per heavy atom. The predicted octanol–water partition coefficient (Wildman–Crippen LogP) is 2.97. The molecule has 100 valence electrons. The molecule has 0 aromatic heterocycles. The molecule has 18 heavy (non-hydrogen) atoms. The largest absolute Gasteiger partial charge is 0.327 e. The average molecular weight is 293 g/mol. The van der Waals surface area contributed by atoms with Crippen LogP contribution in [0.15, 0.2) is 18.2 Å². The molecule has 2 atom stereocenters. The quantitative estimate of drug-likeness (QED) is 0.880. The van der Waals surface area contributed by atoms with Crippen LogP contribution in [0.1, 0.15) is 19.3 Å². The molecule has 1 fully saturated rings. The van der Waals surface area contributed by atoms with Crippen LogP contribution < -0.4 is 11.1 Å². The van der Waals surface area contributed by atoms with Crippen LogP contribution in [0.2, 0.25) is 5.02 Å². The molecule has 2 unspecified atom stereocenters. The first-order valence-corrected chi connectivity index (χ1v) is 5.97. The van der Waals surface area contributed by atoms with Crippen LogP contribution in [0, 0.1) is 11.7 Å². The zero-order valence-corrected chi connectivity index (χ0v) is 11.2. The number of anilines is 1. The Morgan fingerprint density at radius 1 is 1.44 bits per heavy atom. The Labute approximate surface area is 116 Å². The lowest BCUT2D eigenvalue weighted by atomic mass is 10.0. The third-order valence-electron chi connectivity index (χ3n) is 3.10. The van der Waals surface area contributed by atoms with Gasteiger partial charge in [-0.25, -0.2) is 4.39 Å². The van der Waals surface area contributed by atoms with Gasteiger partial charge in [-0.1, -0.05) is 18.0 Å². The number of nitrogens with two attached hydrogens (primary N) is 1. The van der Waals surface area contributed by atoms with Crippen LogP contribution in [0.3, 0.4) is 0 Å². The van der Waals surface area contributed by atoms with E-state index in [0.29, 0.717) is 5.02 Å². The van der Waals surface area contributed by atoms with Crippen molar-refractivity contribution in [2.45, 2.75) is 25.3 Å². The molecule has 1 aliphatic rings. The fraction of sp³-hybridized carbons (Fsp3) is 0.417. The van der Waals surface area contributed by atoms with Gasteiger partial charge in [0.05, 0.1) is 11.6 Å².